The third-order valence-corrected chi connectivity index (χ3v) is 5.98. The molecule has 1 saturated carbocycles. The number of amides is 2. The monoisotopic (exact) mass is 463 g/mol. The fraction of sp³-hybridized carbons (Fsp3) is 0.292. The summed E-state index contributed by atoms with van der Waals surface area (Å²) >= 11 is 6.23. The van der Waals surface area contributed by atoms with Crippen LogP contribution in [0.4, 0.5) is 5.69 Å². The minimum atomic E-state index is -0.208. The van der Waals surface area contributed by atoms with Crippen molar-refractivity contribution in [2.45, 2.75) is 45.2 Å². The average molecular weight is 464 g/mol. The Morgan fingerprint density at radius 3 is 2.73 bits per heavy atom. The van der Waals surface area contributed by atoms with Crippen molar-refractivity contribution >= 4 is 34.8 Å². The predicted octanol–water partition coefficient (Wildman–Crippen LogP) is 4.37. The highest BCUT2D eigenvalue weighted by molar-refractivity contribution is 6.40. The summed E-state index contributed by atoms with van der Waals surface area (Å²) in [5.74, 6) is 0.301. The van der Waals surface area contributed by atoms with Crippen LogP contribution in [0.3, 0.4) is 0 Å². The molecule has 1 aliphatic heterocycles. The van der Waals surface area contributed by atoms with E-state index in [4.69, 9.17) is 16.0 Å². The van der Waals surface area contributed by atoms with Gasteiger partial charge in [-0.15, -0.1) is 10.2 Å². The molecule has 0 spiro atoms. The molecule has 2 aromatic carbocycles. The van der Waals surface area contributed by atoms with Crippen LogP contribution >= 0.6 is 11.6 Å². The van der Waals surface area contributed by atoms with Crippen molar-refractivity contribution in [3.8, 4) is 11.5 Å². The Kier molecular flexibility index (Phi) is 5.68. The van der Waals surface area contributed by atoms with Crippen molar-refractivity contribution < 1.29 is 14.0 Å². The maximum absolute atomic E-state index is 13.4. The van der Waals surface area contributed by atoms with Crippen molar-refractivity contribution in [3.63, 3.8) is 0 Å². The topological polar surface area (TPSA) is 91.9 Å². The van der Waals surface area contributed by atoms with E-state index < -0.39 is 0 Å². The number of hydrogen-bond donors (Lipinski definition) is 0. The maximum Gasteiger partial charge on any atom is 0.270 e. The molecule has 0 saturated heterocycles. The lowest BCUT2D eigenvalue weighted by Crippen LogP contribution is -2.42. The average Bonchev–Trinajstić information content (AvgIpc) is 3.55. The molecule has 9 heteroatoms. The molecule has 8 nitrogen and oxygen atoms in total. The van der Waals surface area contributed by atoms with Crippen LogP contribution in [-0.2, 0) is 16.1 Å². The van der Waals surface area contributed by atoms with Gasteiger partial charge in [0.15, 0.2) is 0 Å². The van der Waals surface area contributed by atoms with Crippen molar-refractivity contribution in [2.24, 2.45) is 5.10 Å². The minimum absolute atomic E-state index is 0.0981. The van der Waals surface area contributed by atoms with Crippen molar-refractivity contribution in [3.05, 3.63) is 65.0 Å². The van der Waals surface area contributed by atoms with Crippen molar-refractivity contribution in [1.82, 2.24) is 15.1 Å². The summed E-state index contributed by atoms with van der Waals surface area (Å²) in [4.78, 5) is 27.6. The summed E-state index contributed by atoms with van der Waals surface area (Å²) in [5.41, 5.74) is 2.67. The van der Waals surface area contributed by atoms with Gasteiger partial charge in [-0.05, 0) is 49.6 Å². The molecular formula is C24H22ClN5O3. The van der Waals surface area contributed by atoms with Crippen LogP contribution < -0.4 is 5.01 Å². The first-order valence-corrected chi connectivity index (χ1v) is 11.2. The molecular weight excluding hydrogens is 442 g/mol. The zero-order chi connectivity index (χ0) is 22.9. The molecule has 2 amide bonds. The van der Waals surface area contributed by atoms with Gasteiger partial charge in [-0.2, -0.15) is 5.10 Å². The Labute approximate surface area is 195 Å². The van der Waals surface area contributed by atoms with Crippen molar-refractivity contribution in [1.29, 1.82) is 0 Å². The smallest absolute Gasteiger partial charge is 0.270 e. The molecule has 5 rings (SSSR count). The number of halogens is 1. The van der Waals surface area contributed by atoms with Gasteiger partial charge in [-0.25, -0.2) is 5.01 Å². The first-order valence-electron chi connectivity index (χ1n) is 10.8. The van der Waals surface area contributed by atoms with Crippen LogP contribution in [0.1, 0.15) is 37.1 Å². The number of hydrazone groups is 1. The van der Waals surface area contributed by atoms with Gasteiger partial charge in [-0.1, -0.05) is 35.9 Å². The van der Waals surface area contributed by atoms with E-state index >= 15 is 0 Å². The second-order valence-corrected chi connectivity index (χ2v) is 8.64. The number of carbonyl (C=O) groups excluding carboxylic acids is 2. The van der Waals surface area contributed by atoms with E-state index in [9.17, 15) is 9.59 Å². The number of hydrogen-bond acceptors (Lipinski definition) is 6. The molecule has 3 aromatic rings. The second-order valence-electron chi connectivity index (χ2n) is 8.24. The molecule has 168 valence electrons. The zero-order valence-electron chi connectivity index (χ0n) is 18.1. The normalized spacial score (nSPS) is 16.0. The fourth-order valence-electron chi connectivity index (χ4n) is 3.79. The van der Waals surface area contributed by atoms with Gasteiger partial charge in [-0.3, -0.25) is 9.59 Å². The van der Waals surface area contributed by atoms with Gasteiger partial charge in [0.05, 0.1) is 22.8 Å². The van der Waals surface area contributed by atoms with Crippen LogP contribution in [-0.4, -0.2) is 38.7 Å². The third-order valence-electron chi connectivity index (χ3n) is 5.65. The fourth-order valence-corrected chi connectivity index (χ4v) is 4.01. The predicted molar refractivity (Wildman–Crippen MR) is 124 cm³/mol. The van der Waals surface area contributed by atoms with E-state index in [0.29, 0.717) is 40.2 Å². The SMILES string of the molecule is Cc1cccc(N2N=C(C(=O)N(Cc3nnc(-c4ccccc4Cl)o3)C3CC3)CCC2=O)c1. The van der Waals surface area contributed by atoms with Gasteiger partial charge in [0.25, 0.3) is 5.91 Å². The van der Waals surface area contributed by atoms with Crippen LogP contribution in [0, 0.1) is 6.92 Å². The van der Waals surface area contributed by atoms with Gasteiger partial charge >= 0.3 is 0 Å². The number of aromatic nitrogens is 2. The third kappa shape index (κ3) is 4.52. The molecule has 1 aromatic heterocycles. The number of aryl methyl sites for hydroxylation is 1. The lowest BCUT2D eigenvalue weighted by atomic mass is 10.1. The summed E-state index contributed by atoms with van der Waals surface area (Å²) in [6.45, 7) is 2.13. The molecule has 1 fully saturated rings. The molecule has 0 unspecified atom stereocenters. The Balaban J connectivity index is 1.38. The van der Waals surface area contributed by atoms with Gasteiger partial charge < -0.3 is 9.32 Å². The maximum atomic E-state index is 13.4. The van der Waals surface area contributed by atoms with Gasteiger partial charge in [0, 0.05) is 18.9 Å². The number of nitrogens with zero attached hydrogens (tertiary/aromatic N) is 5. The molecule has 2 aliphatic rings. The summed E-state index contributed by atoms with van der Waals surface area (Å²) in [5, 5.41) is 14.5. The lowest BCUT2D eigenvalue weighted by molar-refractivity contribution is -0.125. The molecule has 0 radical (unpaired) electrons. The van der Waals surface area contributed by atoms with Crippen LogP contribution in [0.25, 0.3) is 11.5 Å². The minimum Gasteiger partial charge on any atom is -0.419 e. The number of carbonyl (C=O) groups is 2. The van der Waals surface area contributed by atoms with Crippen LogP contribution in [0.5, 0.6) is 0 Å². The largest absolute Gasteiger partial charge is 0.419 e. The van der Waals surface area contributed by atoms with Crippen LogP contribution in [0.15, 0.2) is 58.0 Å². The highest BCUT2D eigenvalue weighted by atomic mass is 35.5. The highest BCUT2D eigenvalue weighted by Gasteiger charge is 2.37. The van der Waals surface area contributed by atoms with Gasteiger partial charge in [0.2, 0.25) is 17.7 Å². The Morgan fingerprint density at radius 1 is 1.15 bits per heavy atom. The summed E-state index contributed by atoms with van der Waals surface area (Å²) in [7, 11) is 0. The summed E-state index contributed by atoms with van der Waals surface area (Å²) in [6, 6.07) is 14.8. The Morgan fingerprint density at radius 2 is 1.97 bits per heavy atom. The molecule has 1 aliphatic carbocycles. The van der Waals surface area contributed by atoms with Crippen LogP contribution in [0.2, 0.25) is 5.02 Å². The zero-order valence-corrected chi connectivity index (χ0v) is 18.8. The lowest BCUT2D eigenvalue weighted by Gasteiger charge is -2.27. The standard InChI is InChI=1S/C24H22ClN5O3/c1-15-5-4-6-17(13-15)30-22(31)12-11-20(28-30)24(32)29(16-9-10-16)14-21-26-27-23(33-21)18-7-2-3-8-19(18)25/h2-8,13,16H,9-12,14H2,1H3. The molecule has 33 heavy (non-hydrogen) atoms. The Bertz CT molecular complexity index is 1250. The molecule has 0 N–H and O–H groups in total. The summed E-state index contributed by atoms with van der Waals surface area (Å²) in [6.07, 6.45) is 2.35. The first-order chi connectivity index (χ1) is 16.0. The first kappa shape index (κ1) is 21.3. The number of rotatable bonds is 6. The summed E-state index contributed by atoms with van der Waals surface area (Å²) < 4.78 is 5.81. The van der Waals surface area contributed by atoms with E-state index in [0.717, 1.165) is 18.4 Å². The number of benzene rings is 2. The number of anilines is 1. The quantitative estimate of drug-likeness (QED) is 0.541. The highest BCUT2D eigenvalue weighted by Crippen LogP contribution is 2.31. The van der Waals surface area contributed by atoms with Crippen molar-refractivity contribution in [2.75, 3.05) is 5.01 Å². The molecule has 0 bridgehead atoms. The van der Waals surface area contributed by atoms with E-state index in [1.807, 2.05) is 43.3 Å². The Hall–Kier alpha value is -3.52. The molecule has 2 heterocycles. The van der Waals surface area contributed by atoms with E-state index in [2.05, 4.69) is 15.3 Å². The second kappa shape index (κ2) is 8.78. The van der Waals surface area contributed by atoms with E-state index in [1.54, 1.807) is 17.0 Å². The molecule has 0 atom stereocenters. The van der Waals surface area contributed by atoms with Gasteiger partial charge in [0.1, 0.15) is 5.71 Å². The van der Waals surface area contributed by atoms with E-state index in [1.165, 1.54) is 5.01 Å². The van der Waals surface area contributed by atoms with E-state index in [-0.39, 0.29) is 30.8 Å².